The minimum absolute atomic E-state index is 0.0350. The Morgan fingerprint density at radius 3 is 2.42 bits per heavy atom. The third-order valence-electron chi connectivity index (χ3n) is 7.02. The van der Waals surface area contributed by atoms with Crippen molar-refractivity contribution in [3.05, 3.63) is 70.6 Å². The van der Waals surface area contributed by atoms with Gasteiger partial charge in [0.15, 0.2) is 0 Å². The molecule has 0 bridgehead atoms. The number of aliphatic hydroxyl groups is 1. The van der Waals surface area contributed by atoms with E-state index in [1.165, 1.54) is 12.1 Å². The van der Waals surface area contributed by atoms with Gasteiger partial charge in [-0.25, -0.2) is 13.6 Å². The molecule has 2 unspecified atom stereocenters. The fraction of sp³-hybridized carbons (Fsp3) is 0.423. The topological polar surface area (TPSA) is 82.7 Å². The van der Waals surface area contributed by atoms with E-state index >= 15 is 0 Å². The predicted molar refractivity (Wildman–Crippen MR) is 130 cm³/mol. The number of likely N-dealkylation sites (tertiary alicyclic amines) is 2. The number of hydrogen-bond acceptors (Lipinski definition) is 5. The second kappa shape index (κ2) is 10.5. The Kier molecular flexibility index (Phi) is 7.20. The van der Waals surface area contributed by atoms with Crippen molar-refractivity contribution in [2.45, 2.75) is 43.6 Å². The number of alkyl halides is 2. The van der Waals surface area contributed by atoms with Gasteiger partial charge in [-0.3, -0.25) is 0 Å². The number of carbonyl (C=O) groups is 1. The van der Waals surface area contributed by atoms with Crippen LogP contribution in [0.1, 0.15) is 54.5 Å². The molecule has 0 spiro atoms. The van der Waals surface area contributed by atoms with E-state index in [-0.39, 0.29) is 29.5 Å². The Hall–Kier alpha value is -3.04. The van der Waals surface area contributed by atoms with Gasteiger partial charge >= 0.3 is 6.03 Å². The number of nitrogens with zero attached hydrogens (tertiary/aromatic N) is 4. The van der Waals surface area contributed by atoms with Gasteiger partial charge in [-0.1, -0.05) is 53.2 Å². The molecule has 3 aromatic rings. The van der Waals surface area contributed by atoms with Crippen molar-refractivity contribution in [1.29, 1.82) is 0 Å². The van der Waals surface area contributed by atoms with Crippen molar-refractivity contribution in [3.8, 4) is 11.4 Å². The highest BCUT2D eigenvalue weighted by atomic mass is 35.5. The number of halogens is 3. The van der Waals surface area contributed by atoms with Crippen molar-refractivity contribution >= 4 is 17.6 Å². The molecule has 36 heavy (non-hydrogen) atoms. The standard InChI is InChI=1S/C26H27ClF2N4O3/c27-22-4-2-1-3-21(22)24-30-25(36-31-24)19-13-18(16-5-7-17(8-6-16)23(28)29)14-33(15-19)26(35)32-11-9-20(34)10-12-32/h1-8,18-20,23,34H,9-15H2. The Labute approximate surface area is 212 Å². The number of aromatic nitrogens is 2. The molecule has 10 heteroatoms. The van der Waals surface area contributed by atoms with E-state index in [1.807, 2.05) is 18.2 Å². The number of benzene rings is 2. The molecule has 7 nitrogen and oxygen atoms in total. The Morgan fingerprint density at radius 1 is 1.03 bits per heavy atom. The van der Waals surface area contributed by atoms with E-state index in [2.05, 4.69) is 10.1 Å². The van der Waals surface area contributed by atoms with Crippen molar-refractivity contribution in [2.75, 3.05) is 26.2 Å². The number of urea groups is 1. The lowest BCUT2D eigenvalue weighted by Crippen LogP contribution is -2.51. The third-order valence-corrected chi connectivity index (χ3v) is 7.35. The molecule has 0 radical (unpaired) electrons. The van der Waals surface area contributed by atoms with Gasteiger partial charge in [0.05, 0.1) is 17.0 Å². The SMILES string of the molecule is O=C(N1CCC(O)CC1)N1CC(c2ccc(C(F)F)cc2)CC(c2nc(-c3ccccc3Cl)no2)C1. The van der Waals surface area contributed by atoms with Crippen LogP contribution in [-0.4, -0.2) is 63.4 Å². The molecule has 2 amide bonds. The number of rotatable bonds is 4. The monoisotopic (exact) mass is 516 g/mol. The molecule has 2 aliphatic rings. The minimum atomic E-state index is -2.53. The van der Waals surface area contributed by atoms with Crippen LogP contribution in [-0.2, 0) is 0 Å². The highest BCUT2D eigenvalue weighted by Crippen LogP contribution is 2.37. The number of aliphatic hydroxyl groups excluding tert-OH is 1. The molecule has 1 N–H and O–H groups in total. The summed E-state index contributed by atoms with van der Waals surface area (Å²) in [4.78, 5) is 21.5. The summed E-state index contributed by atoms with van der Waals surface area (Å²) in [6.07, 6.45) is -1.20. The Morgan fingerprint density at radius 2 is 1.72 bits per heavy atom. The van der Waals surface area contributed by atoms with Crippen LogP contribution >= 0.6 is 11.6 Å². The smallest absolute Gasteiger partial charge is 0.320 e. The predicted octanol–water partition coefficient (Wildman–Crippen LogP) is 5.48. The highest BCUT2D eigenvalue weighted by Gasteiger charge is 2.37. The third kappa shape index (κ3) is 5.22. The van der Waals surface area contributed by atoms with Gasteiger partial charge in [0.25, 0.3) is 6.43 Å². The fourth-order valence-electron chi connectivity index (χ4n) is 5.00. The van der Waals surface area contributed by atoms with E-state index in [0.717, 1.165) is 5.56 Å². The first-order valence-corrected chi connectivity index (χ1v) is 12.4. The normalized spacial score (nSPS) is 21.2. The molecule has 2 saturated heterocycles. The van der Waals surface area contributed by atoms with Crippen LogP contribution in [0, 0.1) is 0 Å². The molecule has 0 saturated carbocycles. The zero-order valence-corrected chi connectivity index (χ0v) is 20.3. The summed E-state index contributed by atoms with van der Waals surface area (Å²) in [6, 6.07) is 13.4. The number of piperidine rings is 2. The molecular formula is C26H27ClF2N4O3. The van der Waals surface area contributed by atoms with Gasteiger partial charge in [-0.2, -0.15) is 4.98 Å². The molecule has 2 aliphatic heterocycles. The van der Waals surface area contributed by atoms with Crippen molar-refractivity contribution in [2.24, 2.45) is 0 Å². The maximum atomic E-state index is 13.4. The lowest BCUT2D eigenvalue weighted by atomic mass is 9.84. The lowest BCUT2D eigenvalue weighted by Gasteiger charge is -2.40. The Bertz CT molecular complexity index is 1200. The Balaban J connectivity index is 1.41. The van der Waals surface area contributed by atoms with Gasteiger partial charge in [0, 0.05) is 43.2 Å². The average Bonchev–Trinajstić information content (AvgIpc) is 3.39. The zero-order valence-electron chi connectivity index (χ0n) is 19.6. The van der Waals surface area contributed by atoms with Crippen LogP contribution in [0.5, 0.6) is 0 Å². The first-order valence-electron chi connectivity index (χ1n) is 12.1. The van der Waals surface area contributed by atoms with Crippen molar-refractivity contribution in [1.82, 2.24) is 19.9 Å². The van der Waals surface area contributed by atoms with Gasteiger partial charge in [0.2, 0.25) is 11.7 Å². The van der Waals surface area contributed by atoms with Crippen LogP contribution in [0.25, 0.3) is 11.4 Å². The maximum absolute atomic E-state index is 13.4. The summed E-state index contributed by atoms with van der Waals surface area (Å²) in [6.45, 7) is 1.83. The van der Waals surface area contributed by atoms with E-state index in [1.54, 1.807) is 28.0 Å². The molecule has 2 fully saturated rings. The minimum Gasteiger partial charge on any atom is -0.393 e. The quantitative estimate of drug-likeness (QED) is 0.496. The average molecular weight is 517 g/mol. The van der Waals surface area contributed by atoms with E-state index < -0.39 is 6.43 Å². The molecule has 190 valence electrons. The summed E-state index contributed by atoms with van der Waals surface area (Å²) in [5.74, 6) is 0.458. The van der Waals surface area contributed by atoms with Gasteiger partial charge < -0.3 is 19.4 Å². The van der Waals surface area contributed by atoms with E-state index in [9.17, 15) is 18.7 Å². The van der Waals surface area contributed by atoms with Crippen LogP contribution in [0.4, 0.5) is 13.6 Å². The van der Waals surface area contributed by atoms with Gasteiger partial charge in [-0.05, 0) is 37.0 Å². The largest absolute Gasteiger partial charge is 0.393 e. The second-order valence-electron chi connectivity index (χ2n) is 9.44. The molecule has 1 aromatic heterocycles. The summed E-state index contributed by atoms with van der Waals surface area (Å²) in [5, 5.41) is 14.5. The number of carbonyl (C=O) groups excluding carboxylic acids is 1. The molecule has 0 aliphatic carbocycles. The highest BCUT2D eigenvalue weighted by molar-refractivity contribution is 6.33. The number of hydrogen-bond donors (Lipinski definition) is 1. The first kappa shape index (κ1) is 24.6. The summed E-state index contributed by atoms with van der Waals surface area (Å²) in [5.41, 5.74) is 1.50. The van der Waals surface area contributed by atoms with Crippen molar-refractivity contribution in [3.63, 3.8) is 0 Å². The summed E-state index contributed by atoms with van der Waals surface area (Å²) >= 11 is 6.30. The first-order chi connectivity index (χ1) is 17.4. The van der Waals surface area contributed by atoms with Crippen LogP contribution in [0.15, 0.2) is 53.1 Å². The molecular weight excluding hydrogens is 490 g/mol. The molecule has 3 heterocycles. The number of amides is 2. The van der Waals surface area contributed by atoms with Gasteiger partial charge in [0.1, 0.15) is 0 Å². The van der Waals surface area contributed by atoms with Crippen LogP contribution < -0.4 is 0 Å². The van der Waals surface area contributed by atoms with Crippen molar-refractivity contribution < 1.29 is 23.2 Å². The second-order valence-corrected chi connectivity index (χ2v) is 9.85. The summed E-state index contributed by atoms with van der Waals surface area (Å²) < 4.78 is 31.8. The lowest BCUT2D eigenvalue weighted by molar-refractivity contribution is 0.0744. The zero-order chi connectivity index (χ0) is 25.2. The van der Waals surface area contributed by atoms with E-state index in [0.29, 0.717) is 67.7 Å². The van der Waals surface area contributed by atoms with E-state index in [4.69, 9.17) is 16.1 Å². The molecule has 2 atom stereocenters. The van der Waals surface area contributed by atoms with Crippen LogP contribution in [0.2, 0.25) is 5.02 Å². The summed E-state index contributed by atoms with van der Waals surface area (Å²) in [7, 11) is 0. The fourth-order valence-corrected chi connectivity index (χ4v) is 5.22. The maximum Gasteiger partial charge on any atom is 0.320 e. The molecule has 2 aromatic carbocycles. The van der Waals surface area contributed by atoms with Crippen LogP contribution in [0.3, 0.4) is 0 Å². The van der Waals surface area contributed by atoms with Gasteiger partial charge in [-0.15, -0.1) is 0 Å². The molecule has 5 rings (SSSR count).